The van der Waals surface area contributed by atoms with Gasteiger partial charge in [0.1, 0.15) is 11.3 Å². The zero-order valence-corrected chi connectivity index (χ0v) is 18.1. The molecule has 0 aliphatic heterocycles. The Kier molecular flexibility index (Phi) is 5.59. The van der Waals surface area contributed by atoms with Gasteiger partial charge in [-0.2, -0.15) is 18.2 Å². The van der Waals surface area contributed by atoms with Gasteiger partial charge in [0.25, 0.3) is 16.0 Å². The van der Waals surface area contributed by atoms with Crippen molar-refractivity contribution in [1.29, 1.82) is 0 Å². The minimum Gasteiger partial charge on any atom is -0.423 e. The van der Waals surface area contributed by atoms with Gasteiger partial charge >= 0.3 is 6.18 Å². The first kappa shape index (κ1) is 22.1. The van der Waals surface area contributed by atoms with Crippen LogP contribution >= 0.6 is 15.9 Å². The van der Waals surface area contributed by atoms with E-state index < -0.39 is 27.6 Å². The van der Waals surface area contributed by atoms with Crippen LogP contribution < -0.4 is 10.0 Å². The van der Waals surface area contributed by atoms with Gasteiger partial charge in [-0.05, 0) is 76.6 Å². The van der Waals surface area contributed by atoms with Gasteiger partial charge in [-0.15, -0.1) is 0 Å². The molecule has 3 aromatic carbocycles. The minimum absolute atomic E-state index is 0.0420. The summed E-state index contributed by atoms with van der Waals surface area (Å²) in [4.78, 5) is 4.02. The number of alkyl halides is 3. The predicted molar refractivity (Wildman–Crippen MR) is 114 cm³/mol. The fraction of sp³-hybridized carbons (Fsp3) is 0.0500. The number of benzene rings is 3. The molecule has 4 rings (SSSR count). The van der Waals surface area contributed by atoms with Gasteiger partial charge < -0.3 is 9.73 Å². The summed E-state index contributed by atoms with van der Waals surface area (Å²) in [5.41, 5.74) is -0.0251. The van der Waals surface area contributed by atoms with Crippen molar-refractivity contribution in [2.75, 3.05) is 10.0 Å². The molecule has 0 spiro atoms. The van der Waals surface area contributed by atoms with Crippen LogP contribution in [0.15, 0.2) is 74.4 Å². The van der Waals surface area contributed by atoms with Crippen LogP contribution in [0.25, 0.3) is 11.1 Å². The van der Waals surface area contributed by atoms with Gasteiger partial charge in [-0.1, -0.05) is 0 Å². The molecule has 2 N–H and O–H groups in total. The van der Waals surface area contributed by atoms with Gasteiger partial charge in [0, 0.05) is 15.8 Å². The van der Waals surface area contributed by atoms with Crippen molar-refractivity contribution in [2.24, 2.45) is 0 Å². The molecule has 4 aromatic rings. The van der Waals surface area contributed by atoms with Gasteiger partial charge in [0.15, 0.2) is 5.58 Å². The average Bonchev–Trinajstić information content (AvgIpc) is 3.12. The Bertz CT molecular complexity index is 1390. The number of hydrogen-bond donors (Lipinski definition) is 2. The summed E-state index contributed by atoms with van der Waals surface area (Å²) in [5.74, 6) is -0.555. The molecule has 1 heterocycles. The highest BCUT2D eigenvalue weighted by Crippen LogP contribution is 2.36. The van der Waals surface area contributed by atoms with Crippen LogP contribution in [0.5, 0.6) is 0 Å². The fourth-order valence-corrected chi connectivity index (χ4v) is 4.37. The first-order valence-electron chi connectivity index (χ1n) is 8.84. The third kappa shape index (κ3) is 4.70. The minimum atomic E-state index is -4.53. The number of aromatic nitrogens is 1. The summed E-state index contributed by atoms with van der Waals surface area (Å²) in [5, 5.41) is 2.81. The molecule has 0 saturated heterocycles. The number of rotatable bonds is 5. The van der Waals surface area contributed by atoms with E-state index in [0.29, 0.717) is 5.69 Å². The SMILES string of the molecule is O=S(=O)(Nc1ccc(Nc2nc3c(Br)cc(C(F)(F)F)cc3o2)cc1)c1ccc(F)cc1. The zero-order valence-electron chi connectivity index (χ0n) is 15.7. The maximum absolute atomic E-state index is 13.0. The Hall–Kier alpha value is -3.12. The molecule has 0 amide bonds. The summed E-state index contributed by atoms with van der Waals surface area (Å²) in [7, 11) is -3.91. The van der Waals surface area contributed by atoms with E-state index in [9.17, 15) is 26.0 Å². The average molecular weight is 530 g/mol. The summed E-state index contributed by atoms with van der Waals surface area (Å²) >= 11 is 3.06. The third-order valence-electron chi connectivity index (χ3n) is 4.29. The van der Waals surface area contributed by atoms with Crippen molar-refractivity contribution in [3.63, 3.8) is 0 Å². The molecule has 6 nitrogen and oxygen atoms in total. The van der Waals surface area contributed by atoms with Crippen molar-refractivity contribution < 1.29 is 30.4 Å². The molecule has 0 fully saturated rings. The monoisotopic (exact) mass is 529 g/mol. The van der Waals surface area contributed by atoms with Crippen molar-refractivity contribution in [3.8, 4) is 0 Å². The highest BCUT2D eigenvalue weighted by molar-refractivity contribution is 9.10. The van der Waals surface area contributed by atoms with Gasteiger partial charge in [0.2, 0.25) is 0 Å². The number of fused-ring (bicyclic) bond motifs is 1. The van der Waals surface area contributed by atoms with Crippen LogP contribution in [0.3, 0.4) is 0 Å². The first-order chi connectivity index (χ1) is 15.0. The second-order valence-corrected chi connectivity index (χ2v) is 9.12. The van der Waals surface area contributed by atoms with Crippen molar-refractivity contribution >= 4 is 54.4 Å². The fourth-order valence-electron chi connectivity index (χ4n) is 2.78. The van der Waals surface area contributed by atoms with E-state index in [4.69, 9.17) is 4.42 Å². The maximum atomic E-state index is 13.0. The summed E-state index contributed by atoms with van der Waals surface area (Å²) in [6, 6.07) is 12.1. The maximum Gasteiger partial charge on any atom is 0.416 e. The second kappa shape index (κ2) is 8.10. The van der Waals surface area contributed by atoms with Gasteiger partial charge in [-0.3, -0.25) is 4.72 Å². The standard InChI is InChI=1S/C20H12BrF4N3O3S/c21-16-9-11(20(23,24)25)10-17-18(16)27-19(31-17)26-13-3-5-14(6-4-13)28-32(29,30)15-7-1-12(22)2-8-15/h1-10,28H,(H,26,27). The number of oxazole rings is 1. The largest absolute Gasteiger partial charge is 0.423 e. The molecule has 0 saturated carbocycles. The second-order valence-electron chi connectivity index (χ2n) is 6.58. The third-order valence-corrected chi connectivity index (χ3v) is 6.29. The van der Waals surface area contributed by atoms with Crippen LogP contribution in [0.4, 0.5) is 35.0 Å². The Balaban J connectivity index is 1.52. The lowest BCUT2D eigenvalue weighted by Gasteiger charge is -2.09. The molecular formula is C20H12BrF4N3O3S. The quantitative estimate of drug-likeness (QED) is 0.296. The van der Waals surface area contributed by atoms with E-state index in [0.717, 1.165) is 36.4 Å². The van der Waals surface area contributed by atoms with E-state index >= 15 is 0 Å². The van der Waals surface area contributed by atoms with Crippen molar-refractivity contribution in [1.82, 2.24) is 4.98 Å². The van der Waals surface area contributed by atoms with Crippen LogP contribution in [0, 0.1) is 5.82 Å². The summed E-state index contributed by atoms with van der Waals surface area (Å²) in [6.45, 7) is 0. The molecule has 0 radical (unpaired) electrons. The number of nitrogens with one attached hydrogen (secondary N) is 2. The van der Waals surface area contributed by atoms with Crippen LogP contribution in [0.1, 0.15) is 5.56 Å². The van der Waals surface area contributed by atoms with E-state index in [-0.39, 0.29) is 32.2 Å². The lowest BCUT2D eigenvalue weighted by Crippen LogP contribution is -2.12. The Labute approximate surface area is 187 Å². The molecule has 166 valence electrons. The number of anilines is 3. The van der Waals surface area contributed by atoms with E-state index in [1.807, 2.05) is 0 Å². The number of nitrogens with zero attached hydrogens (tertiary/aromatic N) is 1. The highest BCUT2D eigenvalue weighted by atomic mass is 79.9. The Morgan fingerprint density at radius 2 is 1.56 bits per heavy atom. The van der Waals surface area contributed by atoms with Crippen LogP contribution in [0.2, 0.25) is 0 Å². The molecule has 0 aliphatic rings. The van der Waals surface area contributed by atoms with Crippen LogP contribution in [-0.4, -0.2) is 13.4 Å². The molecule has 12 heteroatoms. The summed E-state index contributed by atoms with van der Waals surface area (Å²) in [6.07, 6.45) is -4.53. The molecular weight excluding hydrogens is 518 g/mol. The smallest absolute Gasteiger partial charge is 0.416 e. The Morgan fingerprint density at radius 1 is 0.938 bits per heavy atom. The first-order valence-corrected chi connectivity index (χ1v) is 11.1. The van der Waals surface area contributed by atoms with Crippen LogP contribution in [-0.2, 0) is 16.2 Å². The topological polar surface area (TPSA) is 84.2 Å². The van der Waals surface area contributed by atoms with Gasteiger partial charge in [-0.25, -0.2) is 12.8 Å². The number of hydrogen-bond acceptors (Lipinski definition) is 5. The summed E-state index contributed by atoms with van der Waals surface area (Å²) < 4.78 is 84.5. The predicted octanol–water partition coefficient (Wildman–Crippen LogP) is 6.29. The molecule has 0 unspecified atom stereocenters. The highest BCUT2D eigenvalue weighted by Gasteiger charge is 2.32. The van der Waals surface area contributed by atoms with E-state index in [1.54, 1.807) is 0 Å². The molecule has 0 aliphatic carbocycles. The number of halogens is 5. The zero-order chi connectivity index (χ0) is 23.1. The van der Waals surface area contributed by atoms with Crippen molar-refractivity contribution in [3.05, 3.63) is 76.5 Å². The van der Waals surface area contributed by atoms with E-state index in [1.165, 1.54) is 24.3 Å². The van der Waals surface area contributed by atoms with Crippen molar-refractivity contribution in [2.45, 2.75) is 11.1 Å². The molecule has 32 heavy (non-hydrogen) atoms. The molecule has 0 atom stereocenters. The van der Waals surface area contributed by atoms with Gasteiger partial charge in [0.05, 0.1) is 10.5 Å². The number of sulfonamides is 1. The molecule has 1 aromatic heterocycles. The lowest BCUT2D eigenvalue weighted by molar-refractivity contribution is -0.137. The normalized spacial score (nSPS) is 12.2. The Morgan fingerprint density at radius 3 is 2.19 bits per heavy atom. The molecule has 0 bridgehead atoms. The van der Waals surface area contributed by atoms with E-state index in [2.05, 4.69) is 31.0 Å². The lowest BCUT2D eigenvalue weighted by atomic mass is 10.2.